The molecule has 1 aliphatic rings. The number of hydrogen-bond donors (Lipinski definition) is 17. The van der Waals surface area contributed by atoms with Crippen LogP contribution < -0.4 is 72.0 Å². The maximum Gasteiger partial charge on any atom is 0.328 e. The number of likely N-dealkylation sites (tertiary alicyclic amines) is 1. The van der Waals surface area contributed by atoms with E-state index >= 15 is 0 Å². The Morgan fingerprint density at radius 2 is 1.05 bits per heavy atom. The average molecular weight is 1050 g/mol. The molecule has 29 nitrogen and oxygen atoms in total. The molecule has 24 N–H and O–H groups in total. The Balaban J connectivity index is 2.45. The molecule has 0 bridgehead atoms. The predicted octanol–water partition coefficient (Wildman–Crippen LogP) is -5.92. The van der Waals surface area contributed by atoms with Gasteiger partial charge in [-0.2, -0.15) is 0 Å². The molecule has 1 heterocycles. The molecule has 8 atom stereocenters. The van der Waals surface area contributed by atoms with Crippen LogP contribution in [0.15, 0.2) is 34.3 Å². The van der Waals surface area contributed by atoms with Crippen molar-refractivity contribution in [1.29, 1.82) is 0 Å². The minimum atomic E-state index is -1.80. The quantitative estimate of drug-likeness (QED) is 0.0171. The summed E-state index contributed by atoms with van der Waals surface area (Å²) in [6.07, 6.45) is 0.835. The molecule has 1 aromatic carbocycles. The first kappa shape index (κ1) is 62.7. The number of phenols is 1. The Labute approximate surface area is 428 Å². The Hall–Kier alpha value is -7.37. The van der Waals surface area contributed by atoms with Crippen molar-refractivity contribution in [3.8, 4) is 5.75 Å². The standard InChI is InChI=1S/C45H76N16O13/c46-17-3-1-8-28(55-36(66)27(48)22-25-13-15-26(63)16-14-25)39(69)59-32(23-35(64)65)40(70)57-29(9-2-4-18-47)37(67)56-30(10-5-19-53-44(49)50)38(68)58-31(11-6-20-54-45(51)52)42(72)61-21-7-12-34(61)41(71)60-33(24-62)43(73)74/h13-16,27-34,62-63H,1-12,17-24,46-48H2,(H,55,66)(H,56,67)(H,57,70)(H,58,68)(H,59,69)(H,60,71)(H,64,65)(H,73,74)(H4,49,50,53)(H4,51,52,54)/t27-,28-,29-,30-,31-,32-,33-,34-/m0/s1. The number of aliphatic hydroxyl groups is 1. The molecule has 1 aliphatic heterocycles. The van der Waals surface area contributed by atoms with Crippen molar-refractivity contribution in [2.45, 2.75) is 138 Å². The summed E-state index contributed by atoms with van der Waals surface area (Å²) in [6, 6.07) is -5.42. The number of aliphatic hydroxyl groups excluding tert-OH is 1. The van der Waals surface area contributed by atoms with Gasteiger partial charge in [0.05, 0.1) is 19.1 Å². The van der Waals surface area contributed by atoms with Gasteiger partial charge in [-0.1, -0.05) is 12.1 Å². The van der Waals surface area contributed by atoms with Crippen LogP contribution in [-0.4, -0.2) is 178 Å². The van der Waals surface area contributed by atoms with Crippen LogP contribution in [0, 0.1) is 0 Å². The van der Waals surface area contributed by atoms with E-state index in [4.69, 9.17) is 40.1 Å². The van der Waals surface area contributed by atoms with Gasteiger partial charge in [0.15, 0.2) is 11.9 Å². The molecule has 0 radical (unpaired) electrons. The van der Waals surface area contributed by atoms with Crippen LogP contribution in [0.25, 0.3) is 0 Å². The molecule has 0 aromatic heterocycles. The highest BCUT2D eigenvalue weighted by Gasteiger charge is 2.40. The number of aromatic hydroxyl groups is 1. The number of guanidine groups is 2. The van der Waals surface area contributed by atoms with Gasteiger partial charge in [-0.25, -0.2) is 4.79 Å². The van der Waals surface area contributed by atoms with Gasteiger partial charge in [0.1, 0.15) is 48.0 Å². The molecule has 74 heavy (non-hydrogen) atoms. The van der Waals surface area contributed by atoms with Crippen LogP contribution in [-0.2, 0) is 49.6 Å². The number of amides is 7. The number of hydrogen-bond acceptors (Lipinski definition) is 16. The molecular formula is C45H76N16O13. The first-order valence-corrected chi connectivity index (χ1v) is 24.3. The van der Waals surface area contributed by atoms with Crippen LogP contribution in [0.3, 0.4) is 0 Å². The highest BCUT2D eigenvalue weighted by atomic mass is 16.4. The Morgan fingerprint density at radius 1 is 0.608 bits per heavy atom. The lowest BCUT2D eigenvalue weighted by atomic mass is 10.0. The first-order valence-electron chi connectivity index (χ1n) is 24.3. The molecule has 1 saturated heterocycles. The van der Waals surface area contributed by atoms with Crippen molar-refractivity contribution in [3.05, 3.63) is 29.8 Å². The van der Waals surface area contributed by atoms with Crippen LogP contribution >= 0.6 is 0 Å². The summed E-state index contributed by atoms with van der Waals surface area (Å²) in [5.41, 5.74) is 40.1. The molecule has 414 valence electrons. The zero-order chi connectivity index (χ0) is 55.3. The summed E-state index contributed by atoms with van der Waals surface area (Å²) >= 11 is 0. The number of nitrogens with zero attached hydrogens (tertiary/aromatic N) is 3. The number of nitrogens with one attached hydrogen (secondary N) is 6. The van der Waals surface area contributed by atoms with Crippen molar-refractivity contribution >= 4 is 65.2 Å². The van der Waals surface area contributed by atoms with Crippen molar-refractivity contribution < 1.29 is 63.6 Å². The number of aliphatic imine (C=N–C) groups is 2. The van der Waals surface area contributed by atoms with E-state index in [1.165, 1.54) is 17.0 Å². The third-order valence-electron chi connectivity index (χ3n) is 11.7. The Kier molecular flexibility index (Phi) is 28.3. The van der Waals surface area contributed by atoms with Gasteiger partial charge in [0.25, 0.3) is 0 Å². The predicted molar refractivity (Wildman–Crippen MR) is 269 cm³/mol. The normalized spacial score (nSPS) is 15.8. The third kappa shape index (κ3) is 23.0. The van der Waals surface area contributed by atoms with Crippen molar-refractivity contribution in [3.63, 3.8) is 0 Å². The lowest BCUT2D eigenvalue weighted by molar-refractivity contribution is -0.145. The number of nitrogens with two attached hydrogens (primary N) is 7. The number of benzene rings is 1. The molecule has 1 aromatic rings. The fourth-order valence-corrected chi connectivity index (χ4v) is 7.74. The molecule has 7 amide bonds. The highest BCUT2D eigenvalue weighted by Crippen LogP contribution is 2.21. The molecular weight excluding hydrogens is 973 g/mol. The molecule has 0 saturated carbocycles. The van der Waals surface area contributed by atoms with E-state index in [0.717, 1.165) is 0 Å². The Morgan fingerprint density at radius 3 is 1.51 bits per heavy atom. The van der Waals surface area contributed by atoms with E-state index in [-0.39, 0.29) is 108 Å². The van der Waals surface area contributed by atoms with E-state index < -0.39 is 115 Å². The van der Waals surface area contributed by atoms with E-state index in [2.05, 4.69) is 41.9 Å². The van der Waals surface area contributed by atoms with Crippen molar-refractivity contribution in [2.24, 2.45) is 50.1 Å². The number of carboxylic acids is 2. The fourth-order valence-electron chi connectivity index (χ4n) is 7.74. The topological polar surface area (TPSA) is 517 Å². The summed E-state index contributed by atoms with van der Waals surface area (Å²) in [6.45, 7) is -0.427. The molecule has 0 unspecified atom stereocenters. The molecule has 29 heteroatoms. The first-order chi connectivity index (χ1) is 35.1. The lowest BCUT2D eigenvalue weighted by Crippen LogP contribution is -2.60. The summed E-state index contributed by atoms with van der Waals surface area (Å²) in [7, 11) is 0. The van der Waals surface area contributed by atoms with Gasteiger partial charge in [-0.15, -0.1) is 0 Å². The van der Waals surface area contributed by atoms with Gasteiger partial charge >= 0.3 is 11.9 Å². The SMILES string of the molecule is NCCCC[C@H](NC(=O)[C@H](CC(=O)O)NC(=O)[C@H](CCCCN)NC(=O)[C@@H](N)Cc1ccc(O)cc1)C(=O)N[C@@H](CCCN=C(N)N)C(=O)N[C@@H](CCCN=C(N)N)C(=O)N1CCC[C@H]1C(=O)N[C@@H](CO)C(=O)O. The van der Waals surface area contributed by atoms with E-state index in [1.807, 2.05) is 0 Å². The number of unbranched alkanes of at least 4 members (excludes halogenated alkanes) is 2. The minimum Gasteiger partial charge on any atom is -0.508 e. The fraction of sp³-hybridized carbons (Fsp3) is 0.622. The lowest BCUT2D eigenvalue weighted by Gasteiger charge is -2.30. The minimum absolute atomic E-state index is 0.00114. The van der Waals surface area contributed by atoms with Crippen LogP contribution in [0.4, 0.5) is 0 Å². The van der Waals surface area contributed by atoms with Crippen molar-refractivity contribution in [2.75, 3.05) is 39.3 Å². The maximum absolute atomic E-state index is 14.3. The zero-order valence-electron chi connectivity index (χ0n) is 41.4. The van der Waals surface area contributed by atoms with Gasteiger partial charge in [0, 0.05) is 19.6 Å². The van der Waals surface area contributed by atoms with Crippen molar-refractivity contribution in [1.82, 2.24) is 36.8 Å². The second kappa shape index (κ2) is 33.4. The van der Waals surface area contributed by atoms with Gasteiger partial charge in [0.2, 0.25) is 41.4 Å². The van der Waals surface area contributed by atoms with Crippen LogP contribution in [0.5, 0.6) is 5.75 Å². The highest BCUT2D eigenvalue weighted by molar-refractivity contribution is 5.98. The monoisotopic (exact) mass is 1050 g/mol. The van der Waals surface area contributed by atoms with Gasteiger partial charge in [-0.05, 0) is 114 Å². The average Bonchev–Trinajstić information content (AvgIpc) is 3.84. The second-order valence-electron chi connectivity index (χ2n) is 17.6. The number of phenolic OH excluding ortho intramolecular Hbond substituents is 1. The number of carbonyl (C=O) groups excluding carboxylic acids is 7. The van der Waals surface area contributed by atoms with E-state index in [9.17, 15) is 63.6 Å². The number of carbonyl (C=O) groups is 9. The number of rotatable bonds is 35. The second-order valence-corrected chi connectivity index (χ2v) is 17.6. The van der Waals surface area contributed by atoms with E-state index in [0.29, 0.717) is 31.2 Å². The summed E-state index contributed by atoms with van der Waals surface area (Å²) in [5, 5.41) is 53.2. The largest absolute Gasteiger partial charge is 0.508 e. The maximum atomic E-state index is 14.3. The van der Waals surface area contributed by atoms with Crippen LogP contribution in [0.2, 0.25) is 0 Å². The Bertz CT molecular complexity index is 2090. The third-order valence-corrected chi connectivity index (χ3v) is 11.7. The molecule has 0 aliphatic carbocycles. The molecule has 2 rings (SSSR count). The van der Waals surface area contributed by atoms with E-state index in [1.54, 1.807) is 12.1 Å². The van der Waals surface area contributed by atoms with Gasteiger partial charge < -0.3 is 97.4 Å². The smallest absolute Gasteiger partial charge is 0.328 e. The van der Waals surface area contributed by atoms with Gasteiger partial charge in [-0.3, -0.25) is 48.3 Å². The zero-order valence-corrected chi connectivity index (χ0v) is 41.4. The summed E-state index contributed by atoms with van der Waals surface area (Å²) in [4.78, 5) is 130. The van der Waals surface area contributed by atoms with Crippen LogP contribution in [0.1, 0.15) is 89.0 Å². The number of aliphatic carboxylic acids is 2. The molecule has 0 spiro atoms. The molecule has 1 fully saturated rings. The number of carboxylic acid groups (broad SMARTS) is 2. The summed E-state index contributed by atoms with van der Waals surface area (Å²) < 4.78 is 0. The summed E-state index contributed by atoms with van der Waals surface area (Å²) in [5.74, 6) is -9.72.